The van der Waals surface area contributed by atoms with Gasteiger partial charge in [-0.15, -0.1) is 0 Å². The number of piperazine rings is 1. The molecule has 0 spiro atoms. The Morgan fingerprint density at radius 1 is 1.67 bits per heavy atom. The van der Waals surface area contributed by atoms with Gasteiger partial charge in [0.25, 0.3) is 0 Å². The lowest BCUT2D eigenvalue weighted by molar-refractivity contribution is -0.123. The van der Waals surface area contributed by atoms with Gasteiger partial charge in [0, 0.05) is 0 Å². The molecule has 2 bridgehead atoms. The van der Waals surface area contributed by atoms with Crippen LogP contribution < -0.4 is 10.6 Å². The third-order valence-corrected chi connectivity index (χ3v) is 1.63. The predicted octanol–water partition coefficient (Wildman–Crippen LogP) is -1.57. The molecule has 2 saturated heterocycles. The number of carbonyl (C=O) groups excluding carboxylic acids is 1. The zero-order valence-corrected chi connectivity index (χ0v) is 4.89. The van der Waals surface area contributed by atoms with Crippen molar-refractivity contribution in [2.75, 3.05) is 13.2 Å². The smallest absolute Gasteiger partial charge is 0.239 e. The van der Waals surface area contributed by atoms with E-state index in [1.54, 1.807) is 0 Å². The van der Waals surface area contributed by atoms with E-state index in [2.05, 4.69) is 10.6 Å². The maximum Gasteiger partial charge on any atom is 0.239 e. The first kappa shape index (κ1) is 5.20. The molecule has 9 heavy (non-hydrogen) atoms. The van der Waals surface area contributed by atoms with Crippen molar-refractivity contribution in [1.29, 1.82) is 0 Å². The van der Waals surface area contributed by atoms with E-state index >= 15 is 0 Å². The van der Waals surface area contributed by atoms with E-state index in [4.69, 9.17) is 4.74 Å². The lowest BCUT2D eigenvalue weighted by atomic mass is 10.2. The fourth-order valence-electron chi connectivity index (χ4n) is 1.12. The van der Waals surface area contributed by atoms with Gasteiger partial charge in [-0.1, -0.05) is 0 Å². The SMILES string of the molecule is O=C1NC[C@H]2N[C@@H]1CO2. The monoisotopic (exact) mass is 128 g/mol. The van der Waals surface area contributed by atoms with Crippen LogP contribution in [0.4, 0.5) is 0 Å². The number of nitrogens with one attached hydrogen (secondary N) is 2. The van der Waals surface area contributed by atoms with Crippen molar-refractivity contribution in [3.63, 3.8) is 0 Å². The maximum atomic E-state index is 10.8. The molecule has 1 amide bonds. The fourth-order valence-corrected chi connectivity index (χ4v) is 1.12. The Labute approximate surface area is 52.6 Å². The van der Waals surface area contributed by atoms with Gasteiger partial charge in [0.05, 0.1) is 13.2 Å². The molecule has 2 rings (SSSR count). The fraction of sp³-hybridized carbons (Fsp3) is 0.800. The largest absolute Gasteiger partial charge is 0.359 e. The third-order valence-electron chi connectivity index (χ3n) is 1.63. The molecule has 0 aromatic rings. The van der Waals surface area contributed by atoms with Crippen molar-refractivity contribution >= 4 is 5.91 Å². The van der Waals surface area contributed by atoms with Crippen molar-refractivity contribution in [3.05, 3.63) is 0 Å². The minimum absolute atomic E-state index is 0.0590. The summed E-state index contributed by atoms with van der Waals surface area (Å²) in [7, 11) is 0. The Morgan fingerprint density at radius 3 is 3.33 bits per heavy atom. The first-order chi connectivity index (χ1) is 4.36. The highest BCUT2D eigenvalue weighted by atomic mass is 16.5. The standard InChI is InChI=1S/C5H8N2O2/c8-5-3-2-9-4(7-3)1-6-5/h3-4,7H,1-2H2,(H,6,8)/t3-,4+/m1/s1. The quantitative estimate of drug-likeness (QED) is 0.414. The van der Waals surface area contributed by atoms with E-state index in [1.807, 2.05) is 0 Å². The highest BCUT2D eigenvalue weighted by Crippen LogP contribution is 2.06. The molecular formula is C5H8N2O2. The van der Waals surface area contributed by atoms with Gasteiger partial charge in [-0.05, 0) is 0 Å². The summed E-state index contributed by atoms with van der Waals surface area (Å²) >= 11 is 0. The first-order valence-electron chi connectivity index (χ1n) is 3.01. The molecule has 0 unspecified atom stereocenters. The Balaban J connectivity index is 2.14. The molecule has 2 atom stereocenters. The van der Waals surface area contributed by atoms with Crippen molar-refractivity contribution in [3.8, 4) is 0 Å². The highest BCUT2D eigenvalue weighted by molar-refractivity contribution is 5.83. The molecule has 4 heteroatoms. The van der Waals surface area contributed by atoms with Gasteiger partial charge in [-0.25, -0.2) is 0 Å². The Kier molecular flexibility index (Phi) is 0.972. The van der Waals surface area contributed by atoms with Crippen LogP contribution >= 0.6 is 0 Å². The Morgan fingerprint density at radius 2 is 2.56 bits per heavy atom. The van der Waals surface area contributed by atoms with Crippen LogP contribution in [0.15, 0.2) is 0 Å². The van der Waals surface area contributed by atoms with Gasteiger partial charge in [0.2, 0.25) is 5.91 Å². The average molecular weight is 128 g/mol. The summed E-state index contributed by atoms with van der Waals surface area (Å²) in [5.41, 5.74) is 0. The van der Waals surface area contributed by atoms with E-state index < -0.39 is 0 Å². The summed E-state index contributed by atoms with van der Waals surface area (Å²) in [4.78, 5) is 10.8. The van der Waals surface area contributed by atoms with Crippen LogP contribution in [0, 0.1) is 0 Å². The normalized spacial score (nSPS) is 40.7. The molecule has 2 aliphatic heterocycles. The lowest BCUT2D eigenvalue weighted by Gasteiger charge is -2.18. The van der Waals surface area contributed by atoms with E-state index in [9.17, 15) is 4.79 Å². The van der Waals surface area contributed by atoms with Crippen LogP contribution in [0.2, 0.25) is 0 Å². The van der Waals surface area contributed by atoms with Gasteiger partial charge >= 0.3 is 0 Å². The summed E-state index contributed by atoms with van der Waals surface area (Å²) in [6.45, 7) is 1.13. The molecule has 2 aliphatic rings. The average Bonchev–Trinajstić information content (AvgIpc) is 2.25. The number of ether oxygens (including phenoxy) is 1. The van der Waals surface area contributed by atoms with Crippen LogP contribution in [0.25, 0.3) is 0 Å². The van der Waals surface area contributed by atoms with Crippen molar-refractivity contribution < 1.29 is 9.53 Å². The second-order valence-electron chi connectivity index (χ2n) is 2.29. The molecule has 2 heterocycles. The van der Waals surface area contributed by atoms with E-state index in [0.717, 1.165) is 0 Å². The van der Waals surface area contributed by atoms with Crippen molar-refractivity contribution in [1.82, 2.24) is 10.6 Å². The summed E-state index contributed by atoms with van der Waals surface area (Å²) in [5.74, 6) is 0.0590. The number of rotatable bonds is 0. The number of fused-ring (bicyclic) bond motifs is 2. The number of amides is 1. The molecule has 0 aromatic heterocycles. The molecule has 0 aliphatic carbocycles. The molecule has 50 valence electrons. The molecular weight excluding hydrogens is 120 g/mol. The summed E-state index contributed by atoms with van der Waals surface area (Å²) in [6, 6.07) is -0.0938. The number of carbonyl (C=O) groups is 1. The summed E-state index contributed by atoms with van der Waals surface area (Å²) < 4.78 is 5.15. The van der Waals surface area contributed by atoms with Gasteiger partial charge in [0.1, 0.15) is 12.3 Å². The molecule has 0 radical (unpaired) electrons. The molecule has 4 nitrogen and oxygen atoms in total. The Bertz CT molecular complexity index is 148. The third kappa shape index (κ3) is 0.710. The van der Waals surface area contributed by atoms with Crippen LogP contribution in [0.5, 0.6) is 0 Å². The first-order valence-corrected chi connectivity index (χ1v) is 3.01. The van der Waals surface area contributed by atoms with Crippen LogP contribution in [0.3, 0.4) is 0 Å². The molecule has 0 aromatic carbocycles. The molecule has 2 N–H and O–H groups in total. The molecule has 0 saturated carbocycles. The second-order valence-corrected chi connectivity index (χ2v) is 2.29. The topological polar surface area (TPSA) is 50.4 Å². The summed E-state index contributed by atoms with van der Waals surface area (Å²) in [5, 5.41) is 5.72. The van der Waals surface area contributed by atoms with E-state index in [1.165, 1.54) is 0 Å². The second kappa shape index (κ2) is 1.68. The maximum absolute atomic E-state index is 10.8. The highest BCUT2D eigenvalue weighted by Gasteiger charge is 2.34. The number of hydrogen-bond donors (Lipinski definition) is 2. The van der Waals surface area contributed by atoms with Gasteiger partial charge < -0.3 is 10.1 Å². The van der Waals surface area contributed by atoms with E-state index in [-0.39, 0.29) is 18.2 Å². The van der Waals surface area contributed by atoms with Crippen molar-refractivity contribution in [2.24, 2.45) is 0 Å². The van der Waals surface area contributed by atoms with Gasteiger partial charge in [-0.2, -0.15) is 0 Å². The Hall–Kier alpha value is -0.610. The van der Waals surface area contributed by atoms with Gasteiger partial charge in [-0.3, -0.25) is 10.1 Å². The lowest BCUT2D eigenvalue weighted by Crippen LogP contribution is -2.53. The van der Waals surface area contributed by atoms with Crippen LogP contribution in [-0.4, -0.2) is 31.3 Å². The zero-order valence-electron chi connectivity index (χ0n) is 4.89. The van der Waals surface area contributed by atoms with Crippen molar-refractivity contribution in [2.45, 2.75) is 12.3 Å². The zero-order chi connectivity index (χ0) is 6.27. The minimum Gasteiger partial charge on any atom is -0.359 e. The van der Waals surface area contributed by atoms with E-state index in [0.29, 0.717) is 13.2 Å². The predicted molar refractivity (Wildman–Crippen MR) is 29.7 cm³/mol. The van der Waals surface area contributed by atoms with Crippen LogP contribution in [0.1, 0.15) is 0 Å². The molecule has 2 fully saturated rings. The number of hydrogen-bond acceptors (Lipinski definition) is 3. The summed E-state index contributed by atoms with van der Waals surface area (Å²) in [6.07, 6.45) is 0.0627. The van der Waals surface area contributed by atoms with Crippen LogP contribution in [-0.2, 0) is 9.53 Å². The van der Waals surface area contributed by atoms with Gasteiger partial charge in [0.15, 0.2) is 0 Å². The minimum atomic E-state index is -0.0938.